The van der Waals surface area contributed by atoms with Gasteiger partial charge in [0.05, 0.1) is 6.42 Å². The van der Waals surface area contributed by atoms with Crippen LogP contribution in [0.25, 0.3) is 0 Å². The highest BCUT2D eigenvalue weighted by molar-refractivity contribution is 6.34. The standard InChI is InChI=1S/C13H17Cl2NO2/c1-13(2,3)18-12(17)7-11(16)8-4-9(14)6-10(15)5-8/h4-6,11H,7,16H2,1-3H3/t11-/m1/s1. The maximum Gasteiger partial charge on any atom is 0.308 e. The zero-order valence-corrected chi connectivity index (χ0v) is 12.2. The molecule has 0 aliphatic carbocycles. The smallest absolute Gasteiger partial charge is 0.308 e. The third-order valence-corrected chi connectivity index (χ3v) is 2.56. The summed E-state index contributed by atoms with van der Waals surface area (Å²) in [6, 6.07) is 4.54. The highest BCUT2D eigenvalue weighted by Crippen LogP contribution is 2.24. The van der Waals surface area contributed by atoms with Crippen LogP contribution < -0.4 is 5.73 Å². The Hall–Kier alpha value is -0.770. The highest BCUT2D eigenvalue weighted by atomic mass is 35.5. The van der Waals surface area contributed by atoms with E-state index in [0.29, 0.717) is 10.0 Å². The van der Waals surface area contributed by atoms with Gasteiger partial charge >= 0.3 is 5.97 Å². The molecular formula is C13H17Cl2NO2. The minimum absolute atomic E-state index is 0.0912. The van der Waals surface area contributed by atoms with Gasteiger partial charge < -0.3 is 10.5 Å². The van der Waals surface area contributed by atoms with Crippen LogP contribution in [-0.4, -0.2) is 11.6 Å². The van der Waals surface area contributed by atoms with Gasteiger partial charge in [0.2, 0.25) is 0 Å². The number of nitrogens with two attached hydrogens (primary N) is 1. The van der Waals surface area contributed by atoms with Crippen LogP contribution >= 0.6 is 23.2 Å². The molecule has 0 unspecified atom stereocenters. The van der Waals surface area contributed by atoms with Crippen molar-refractivity contribution in [1.82, 2.24) is 0 Å². The van der Waals surface area contributed by atoms with Crippen molar-refractivity contribution in [2.45, 2.75) is 38.8 Å². The van der Waals surface area contributed by atoms with E-state index >= 15 is 0 Å². The summed E-state index contributed by atoms with van der Waals surface area (Å²) < 4.78 is 5.21. The molecule has 0 saturated carbocycles. The Labute approximate surface area is 117 Å². The molecule has 0 amide bonds. The van der Waals surface area contributed by atoms with Gasteiger partial charge in [0.1, 0.15) is 5.60 Å². The summed E-state index contributed by atoms with van der Waals surface area (Å²) in [5.74, 6) is -0.342. The van der Waals surface area contributed by atoms with Gasteiger partial charge in [0.25, 0.3) is 0 Å². The molecule has 0 heterocycles. The first-order valence-electron chi connectivity index (χ1n) is 5.61. The van der Waals surface area contributed by atoms with Crippen LogP contribution in [0.2, 0.25) is 10.0 Å². The molecule has 0 fully saturated rings. The summed E-state index contributed by atoms with van der Waals surface area (Å²) in [6.07, 6.45) is 0.0912. The summed E-state index contributed by atoms with van der Waals surface area (Å²) >= 11 is 11.8. The van der Waals surface area contributed by atoms with Gasteiger partial charge in [-0.15, -0.1) is 0 Å². The Balaban J connectivity index is 2.70. The molecule has 0 bridgehead atoms. The van der Waals surface area contributed by atoms with E-state index in [1.54, 1.807) is 18.2 Å². The first kappa shape index (κ1) is 15.3. The lowest BCUT2D eigenvalue weighted by atomic mass is 10.0. The van der Waals surface area contributed by atoms with E-state index < -0.39 is 11.6 Å². The molecule has 1 rings (SSSR count). The van der Waals surface area contributed by atoms with Crippen molar-refractivity contribution in [1.29, 1.82) is 0 Å². The van der Waals surface area contributed by atoms with Crippen LogP contribution in [0.5, 0.6) is 0 Å². The fourth-order valence-corrected chi connectivity index (χ4v) is 2.01. The average Bonchev–Trinajstić information content (AvgIpc) is 2.12. The lowest BCUT2D eigenvalue weighted by Crippen LogP contribution is -2.26. The van der Waals surface area contributed by atoms with Gasteiger partial charge in [-0.3, -0.25) is 4.79 Å². The van der Waals surface area contributed by atoms with Gasteiger partial charge in [-0.2, -0.15) is 0 Å². The molecule has 0 aliphatic rings. The monoisotopic (exact) mass is 289 g/mol. The number of ether oxygens (including phenoxy) is 1. The number of esters is 1. The minimum Gasteiger partial charge on any atom is -0.460 e. The van der Waals surface area contributed by atoms with Crippen LogP contribution in [0, 0.1) is 0 Å². The van der Waals surface area contributed by atoms with Crippen molar-refractivity contribution in [3.63, 3.8) is 0 Å². The predicted molar refractivity (Wildman–Crippen MR) is 73.9 cm³/mol. The van der Waals surface area contributed by atoms with E-state index in [-0.39, 0.29) is 12.4 Å². The number of carbonyl (C=O) groups excluding carboxylic acids is 1. The third kappa shape index (κ3) is 5.25. The molecule has 5 heteroatoms. The van der Waals surface area contributed by atoms with Crippen LogP contribution in [0.15, 0.2) is 18.2 Å². The van der Waals surface area contributed by atoms with Gasteiger partial charge in [0, 0.05) is 16.1 Å². The second kappa shape index (κ2) is 5.91. The van der Waals surface area contributed by atoms with Gasteiger partial charge in [0.15, 0.2) is 0 Å². The summed E-state index contributed by atoms with van der Waals surface area (Å²) in [6.45, 7) is 5.44. The van der Waals surface area contributed by atoms with Crippen LogP contribution in [0.3, 0.4) is 0 Å². The van der Waals surface area contributed by atoms with Crippen molar-refractivity contribution < 1.29 is 9.53 Å². The number of halogens is 2. The van der Waals surface area contributed by atoms with Crippen molar-refractivity contribution in [2.24, 2.45) is 5.73 Å². The molecule has 18 heavy (non-hydrogen) atoms. The normalized spacial score (nSPS) is 13.2. The Bertz CT molecular complexity index is 421. The lowest BCUT2D eigenvalue weighted by molar-refractivity contribution is -0.155. The number of benzene rings is 1. The first-order valence-corrected chi connectivity index (χ1v) is 6.36. The van der Waals surface area contributed by atoms with Crippen LogP contribution in [0.4, 0.5) is 0 Å². The quantitative estimate of drug-likeness (QED) is 0.863. The van der Waals surface area contributed by atoms with E-state index in [1.165, 1.54) is 0 Å². The van der Waals surface area contributed by atoms with E-state index in [0.717, 1.165) is 5.56 Å². The zero-order chi connectivity index (χ0) is 13.9. The van der Waals surface area contributed by atoms with E-state index in [2.05, 4.69) is 0 Å². The Morgan fingerprint density at radius 2 is 1.78 bits per heavy atom. The number of hydrogen-bond acceptors (Lipinski definition) is 3. The highest BCUT2D eigenvalue weighted by Gasteiger charge is 2.19. The first-order chi connectivity index (χ1) is 8.17. The maximum absolute atomic E-state index is 11.6. The second-order valence-electron chi connectivity index (χ2n) is 5.10. The van der Waals surface area contributed by atoms with Crippen molar-refractivity contribution in [3.8, 4) is 0 Å². The maximum atomic E-state index is 11.6. The molecule has 0 aliphatic heterocycles. The van der Waals surface area contributed by atoms with Gasteiger partial charge in [-0.1, -0.05) is 23.2 Å². The molecule has 1 aromatic carbocycles. The van der Waals surface area contributed by atoms with Crippen molar-refractivity contribution >= 4 is 29.2 Å². The molecular weight excluding hydrogens is 273 g/mol. The van der Waals surface area contributed by atoms with Crippen LogP contribution in [0.1, 0.15) is 38.8 Å². The summed E-state index contributed by atoms with van der Waals surface area (Å²) in [4.78, 5) is 11.6. The van der Waals surface area contributed by atoms with E-state index in [9.17, 15) is 4.79 Å². The fourth-order valence-electron chi connectivity index (χ4n) is 1.47. The van der Waals surface area contributed by atoms with Gasteiger partial charge in [-0.25, -0.2) is 0 Å². The number of carbonyl (C=O) groups is 1. The molecule has 0 spiro atoms. The van der Waals surface area contributed by atoms with Crippen LogP contribution in [-0.2, 0) is 9.53 Å². The number of rotatable bonds is 3. The molecule has 3 nitrogen and oxygen atoms in total. The number of hydrogen-bond donors (Lipinski definition) is 1. The van der Waals surface area contributed by atoms with Crippen molar-refractivity contribution in [3.05, 3.63) is 33.8 Å². The molecule has 0 saturated heterocycles. The molecule has 0 radical (unpaired) electrons. The van der Waals surface area contributed by atoms with E-state index in [1.807, 2.05) is 20.8 Å². The molecule has 2 N–H and O–H groups in total. The largest absolute Gasteiger partial charge is 0.460 e. The molecule has 0 aromatic heterocycles. The lowest BCUT2D eigenvalue weighted by Gasteiger charge is -2.21. The molecule has 1 aromatic rings. The van der Waals surface area contributed by atoms with Gasteiger partial charge in [-0.05, 0) is 44.5 Å². The Morgan fingerprint density at radius 1 is 1.28 bits per heavy atom. The molecule has 1 atom stereocenters. The summed E-state index contributed by atoms with van der Waals surface area (Å²) in [7, 11) is 0. The van der Waals surface area contributed by atoms with E-state index in [4.69, 9.17) is 33.7 Å². The minimum atomic E-state index is -0.511. The summed E-state index contributed by atoms with van der Waals surface area (Å²) in [5, 5.41) is 0.995. The average molecular weight is 290 g/mol. The SMILES string of the molecule is CC(C)(C)OC(=O)C[C@@H](N)c1cc(Cl)cc(Cl)c1. The molecule has 100 valence electrons. The third-order valence-electron chi connectivity index (χ3n) is 2.12. The zero-order valence-electron chi connectivity index (χ0n) is 10.7. The Morgan fingerprint density at radius 3 is 2.22 bits per heavy atom. The Kier molecular flexibility index (Phi) is 5.02. The second-order valence-corrected chi connectivity index (χ2v) is 5.97. The fraction of sp³-hybridized carbons (Fsp3) is 0.462. The topological polar surface area (TPSA) is 52.3 Å². The van der Waals surface area contributed by atoms with Crippen molar-refractivity contribution in [2.75, 3.05) is 0 Å². The predicted octanol–water partition coefficient (Wildman–Crippen LogP) is 3.73. The summed E-state index contributed by atoms with van der Waals surface area (Å²) in [5.41, 5.74) is 6.14.